The van der Waals surface area contributed by atoms with Gasteiger partial charge in [0.15, 0.2) is 5.96 Å². The molecule has 1 saturated carbocycles. The van der Waals surface area contributed by atoms with E-state index in [0.29, 0.717) is 24.2 Å². The lowest BCUT2D eigenvalue weighted by Gasteiger charge is -2.29. The van der Waals surface area contributed by atoms with E-state index < -0.39 is 0 Å². The number of ether oxygens (including phenoxy) is 2. The lowest BCUT2D eigenvalue weighted by molar-refractivity contribution is -0.149. The van der Waals surface area contributed by atoms with Crippen LogP contribution in [-0.4, -0.2) is 38.2 Å². The molecule has 1 aromatic rings. The summed E-state index contributed by atoms with van der Waals surface area (Å²) in [6.45, 7) is 5.61. The molecule has 0 aliphatic heterocycles. The summed E-state index contributed by atoms with van der Waals surface area (Å²) < 4.78 is 10.5. The van der Waals surface area contributed by atoms with E-state index in [1.54, 1.807) is 13.2 Å². The molecule has 0 saturated heterocycles. The molecular formula is C20H31ClIN3O3. The number of rotatable bonds is 7. The normalized spacial score (nSPS) is 19.4. The topological polar surface area (TPSA) is 72.0 Å². The Balaban J connectivity index is 0.00000392. The highest BCUT2D eigenvalue weighted by Gasteiger charge is 2.27. The van der Waals surface area contributed by atoms with Crippen molar-refractivity contribution in [2.45, 2.75) is 52.1 Å². The van der Waals surface area contributed by atoms with Gasteiger partial charge in [-0.1, -0.05) is 17.7 Å². The second kappa shape index (κ2) is 13.1. The molecular weight excluding hydrogens is 493 g/mol. The molecule has 0 aromatic heterocycles. The van der Waals surface area contributed by atoms with Gasteiger partial charge in [-0.15, -0.1) is 24.0 Å². The van der Waals surface area contributed by atoms with Crippen molar-refractivity contribution in [1.82, 2.24) is 10.6 Å². The fourth-order valence-corrected chi connectivity index (χ4v) is 3.42. The third-order valence-corrected chi connectivity index (χ3v) is 4.92. The molecule has 2 N–H and O–H groups in total. The van der Waals surface area contributed by atoms with Crippen molar-refractivity contribution in [3.8, 4) is 5.75 Å². The van der Waals surface area contributed by atoms with E-state index in [9.17, 15) is 4.79 Å². The summed E-state index contributed by atoms with van der Waals surface area (Å²) in [5.74, 6) is 1.47. The van der Waals surface area contributed by atoms with Crippen LogP contribution in [0.15, 0.2) is 23.2 Å². The highest BCUT2D eigenvalue weighted by atomic mass is 127. The maximum atomic E-state index is 11.9. The zero-order valence-corrected chi connectivity index (χ0v) is 19.9. The van der Waals surface area contributed by atoms with Crippen molar-refractivity contribution in [2.75, 3.05) is 20.3 Å². The lowest BCUT2D eigenvalue weighted by atomic mass is 9.86. The van der Waals surface area contributed by atoms with Crippen LogP contribution >= 0.6 is 35.6 Å². The molecule has 0 atom stereocenters. The van der Waals surface area contributed by atoms with Crippen molar-refractivity contribution < 1.29 is 14.3 Å². The molecule has 1 fully saturated rings. The Hall–Kier alpha value is -1.22. The first-order valence-electron chi connectivity index (χ1n) is 9.61. The van der Waals surface area contributed by atoms with Crippen LogP contribution < -0.4 is 15.4 Å². The van der Waals surface area contributed by atoms with Gasteiger partial charge in [-0.2, -0.15) is 0 Å². The molecule has 0 bridgehead atoms. The standard InChI is InChI=1S/C20H30ClN3O3.HI/c1-4-22-20(23-13-15-6-9-16(21)12-18(15)26-3)24-17-10-7-14(8-11-17)19(25)27-5-2;/h6,9,12,14,17H,4-5,7-8,10-11,13H2,1-3H3,(H2,22,23,24);1H. The molecule has 0 amide bonds. The summed E-state index contributed by atoms with van der Waals surface area (Å²) in [5.41, 5.74) is 0.977. The van der Waals surface area contributed by atoms with Crippen molar-refractivity contribution >= 4 is 47.5 Å². The smallest absolute Gasteiger partial charge is 0.308 e. The second-order valence-electron chi connectivity index (χ2n) is 6.60. The SMILES string of the molecule is CCNC(=NCc1ccc(Cl)cc1OC)NC1CCC(C(=O)OCC)CC1.I. The van der Waals surface area contributed by atoms with Gasteiger partial charge < -0.3 is 20.1 Å². The molecule has 8 heteroatoms. The number of hydrogen-bond acceptors (Lipinski definition) is 4. The fourth-order valence-electron chi connectivity index (χ4n) is 3.26. The highest BCUT2D eigenvalue weighted by molar-refractivity contribution is 14.0. The van der Waals surface area contributed by atoms with Gasteiger partial charge in [0.25, 0.3) is 0 Å². The van der Waals surface area contributed by atoms with Crippen LogP contribution in [0.2, 0.25) is 5.02 Å². The minimum absolute atomic E-state index is 0. The first-order valence-corrected chi connectivity index (χ1v) is 9.99. The molecule has 0 spiro atoms. The van der Waals surface area contributed by atoms with Crippen LogP contribution in [0.1, 0.15) is 45.1 Å². The highest BCUT2D eigenvalue weighted by Crippen LogP contribution is 2.26. The summed E-state index contributed by atoms with van der Waals surface area (Å²) in [6.07, 6.45) is 3.55. The first-order chi connectivity index (χ1) is 13.1. The molecule has 158 valence electrons. The number of hydrogen-bond donors (Lipinski definition) is 2. The molecule has 1 aliphatic rings. The van der Waals surface area contributed by atoms with Crippen molar-refractivity contribution in [3.63, 3.8) is 0 Å². The average molecular weight is 524 g/mol. The quantitative estimate of drug-likeness (QED) is 0.243. The number of nitrogens with zero attached hydrogens (tertiary/aromatic N) is 1. The predicted molar refractivity (Wildman–Crippen MR) is 124 cm³/mol. The Kier molecular flexibility index (Phi) is 11.6. The summed E-state index contributed by atoms with van der Waals surface area (Å²) in [5, 5.41) is 7.41. The van der Waals surface area contributed by atoms with Crippen molar-refractivity contribution in [2.24, 2.45) is 10.9 Å². The monoisotopic (exact) mass is 523 g/mol. The zero-order chi connectivity index (χ0) is 19.6. The van der Waals surface area contributed by atoms with Gasteiger partial charge in [-0.25, -0.2) is 4.99 Å². The second-order valence-corrected chi connectivity index (χ2v) is 7.03. The van der Waals surface area contributed by atoms with E-state index in [1.807, 2.05) is 26.0 Å². The maximum absolute atomic E-state index is 11.9. The van der Waals surface area contributed by atoms with Crippen molar-refractivity contribution in [1.29, 1.82) is 0 Å². The number of aliphatic imine (C=N–C) groups is 1. The predicted octanol–water partition coefficient (Wildman–Crippen LogP) is 4.14. The van der Waals surface area contributed by atoms with Gasteiger partial charge in [0.2, 0.25) is 0 Å². The summed E-state index contributed by atoms with van der Waals surface area (Å²) in [6, 6.07) is 5.87. The minimum Gasteiger partial charge on any atom is -0.496 e. The number of halogens is 2. The molecule has 0 heterocycles. The van der Waals surface area contributed by atoms with Gasteiger partial charge in [0.1, 0.15) is 5.75 Å². The van der Waals surface area contributed by atoms with Gasteiger partial charge in [0.05, 0.1) is 26.2 Å². The van der Waals surface area contributed by atoms with E-state index in [-0.39, 0.29) is 35.9 Å². The van der Waals surface area contributed by atoms with Crippen LogP contribution in [-0.2, 0) is 16.1 Å². The molecule has 1 aromatic carbocycles. The Morgan fingerprint density at radius 1 is 1.25 bits per heavy atom. The average Bonchev–Trinajstić information content (AvgIpc) is 2.67. The molecule has 0 radical (unpaired) electrons. The number of methoxy groups -OCH3 is 1. The number of guanidine groups is 1. The summed E-state index contributed by atoms with van der Waals surface area (Å²) >= 11 is 6.02. The third-order valence-electron chi connectivity index (χ3n) is 4.69. The van der Waals surface area contributed by atoms with E-state index in [2.05, 4.69) is 15.6 Å². The fraction of sp³-hybridized carbons (Fsp3) is 0.600. The molecule has 6 nitrogen and oxygen atoms in total. The lowest BCUT2D eigenvalue weighted by Crippen LogP contribution is -2.45. The van der Waals surface area contributed by atoms with Gasteiger partial charge in [-0.3, -0.25) is 4.79 Å². The van der Waals surface area contributed by atoms with Crippen LogP contribution in [0.4, 0.5) is 0 Å². The Labute approximate surface area is 189 Å². The van der Waals surface area contributed by atoms with E-state index in [1.165, 1.54) is 0 Å². The van der Waals surface area contributed by atoms with E-state index in [4.69, 9.17) is 21.1 Å². The molecule has 2 rings (SSSR count). The van der Waals surface area contributed by atoms with Crippen LogP contribution in [0.3, 0.4) is 0 Å². The van der Waals surface area contributed by atoms with E-state index in [0.717, 1.165) is 49.5 Å². The number of esters is 1. The van der Waals surface area contributed by atoms with Crippen LogP contribution in [0.25, 0.3) is 0 Å². The number of carbonyl (C=O) groups is 1. The largest absolute Gasteiger partial charge is 0.496 e. The maximum Gasteiger partial charge on any atom is 0.308 e. The number of nitrogens with one attached hydrogen (secondary N) is 2. The molecule has 1 aliphatic carbocycles. The van der Waals surface area contributed by atoms with Crippen LogP contribution in [0.5, 0.6) is 5.75 Å². The Morgan fingerprint density at radius 2 is 1.96 bits per heavy atom. The summed E-state index contributed by atoms with van der Waals surface area (Å²) in [7, 11) is 1.63. The minimum atomic E-state index is -0.0636. The van der Waals surface area contributed by atoms with Gasteiger partial charge >= 0.3 is 5.97 Å². The van der Waals surface area contributed by atoms with Crippen molar-refractivity contribution in [3.05, 3.63) is 28.8 Å². The Bertz CT molecular complexity index is 650. The molecule has 0 unspecified atom stereocenters. The first kappa shape index (κ1) is 24.8. The summed E-state index contributed by atoms with van der Waals surface area (Å²) in [4.78, 5) is 16.6. The Morgan fingerprint density at radius 3 is 2.57 bits per heavy atom. The van der Waals surface area contributed by atoms with Crippen LogP contribution in [0, 0.1) is 5.92 Å². The van der Waals surface area contributed by atoms with E-state index >= 15 is 0 Å². The van der Waals surface area contributed by atoms with Gasteiger partial charge in [-0.05, 0) is 51.7 Å². The number of carbonyl (C=O) groups excluding carboxylic acids is 1. The van der Waals surface area contributed by atoms with Gasteiger partial charge in [0, 0.05) is 23.2 Å². The number of benzene rings is 1. The third kappa shape index (κ3) is 7.66. The molecule has 28 heavy (non-hydrogen) atoms. The zero-order valence-electron chi connectivity index (χ0n) is 16.8.